The SMILES string of the molecule is CN(C)S(=O)(=O)c1ccc(-c2cc[c]s2)cc1. The fourth-order valence-corrected chi connectivity index (χ4v) is 2.95. The van der Waals surface area contributed by atoms with E-state index in [2.05, 4.69) is 5.38 Å². The molecule has 1 aromatic heterocycles. The van der Waals surface area contributed by atoms with E-state index in [0.29, 0.717) is 4.90 Å². The molecule has 0 N–H and O–H groups in total. The minimum atomic E-state index is -3.33. The van der Waals surface area contributed by atoms with Crippen LogP contribution in [0.5, 0.6) is 0 Å². The fourth-order valence-electron chi connectivity index (χ4n) is 1.40. The molecule has 3 nitrogen and oxygen atoms in total. The highest BCUT2D eigenvalue weighted by molar-refractivity contribution is 7.89. The highest BCUT2D eigenvalue weighted by Crippen LogP contribution is 2.25. The zero-order valence-corrected chi connectivity index (χ0v) is 11.2. The third-order valence-corrected chi connectivity index (χ3v) is 5.06. The Morgan fingerprint density at radius 3 is 2.24 bits per heavy atom. The molecule has 0 aliphatic rings. The monoisotopic (exact) mass is 266 g/mol. The first-order valence-corrected chi connectivity index (χ1v) is 7.26. The van der Waals surface area contributed by atoms with E-state index in [1.165, 1.54) is 29.7 Å². The summed E-state index contributed by atoms with van der Waals surface area (Å²) in [6, 6.07) is 10.7. The molecule has 2 rings (SSSR count). The highest BCUT2D eigenvalue weighted by Gasteiger charge is 2.16. The zero-order valence-electron chi connectivity index (χ0n) is 9.54. The molecule has 2 aromatic rings. The van der Waals surface area contributed by atoms with Gasteiger partial charge in [-0.3, -0.25) is 0 Å². The molecule has 0 unspecified atom stereocenters. The van der Waals surface area contributed by atoms with Crippen LogP contribution in [-0.4, -0.2) is 26.8 Å². The standard InChI is InChI=1S/C12H12NO2S2/c1-13(2)17(14,15)11-7-5-10(6-8-11)12-4-3-9-16-12/h3-8H,1-2H3. The first-order chi connectivity index (χ1) is 8.01. The fraction of sp³-hybridized carbons (Fsp3) is 0.167. The Morgan fingerprint density at radius 2 is 1.76 bits per heavy atom. The lowest BCUT2D eigenvalue weighted by Crippen LogP contribution is -2.22. The van der Waals surface area contributed by atoms with Crippen LogP contribution < -0.4 is 0 Å². The van der Waals surface area contributed by atoms with Crippen molar-refractivity contribution in [3.05, 3.63) is 41.8 Å². The maximum Gasteiger partial charge on any atom is 0.242 e. The summed E-state index contributed by atoms with van der Waals surface area (Å²) in [6.45, 7) is 0. The van der Waals surface area contributed by atoms with E-state index in [0.717, 1.165) is 10.4 Å². The second-order valence-electron chi connectivity index (χ2n) is 3.73. The van der Waals surface area contributed by atoms with Crippen molar-refractivity contribution >= 4 is 21.4 Å². The van der Waals surface area contributed by atoms with Crippen LogP contribution in [0.1, 0.15) is 0 Å². The summed E-state index contributed by atoms with van der Waals surface area (Å²) in [5, 5.41) is 3.01. The average Bonchev–Trinajstić information content (AvgIpc) is 2.82. The lowest BCUT2D eigenvalue weighted by atomic mass is 10.2. The van der Waals surface area contributed by atoms with Crippen molar-refractivity contribution in [3.8, 4) is 10.4 Å². The number of sulfonamides is 1. The summed E-state index contributed by atoms with van der Waals surface area (Å²) in [4.78, 5) is 1.39. The molecule has 0 amide bonds. The van der Waals surface area contributed by atoms with Crippen LogP contribution in [0.25, 0.3) is 10.4 Å². The first-order valence-electron chi connectivity index (χ1n) is 5.00. The summed E-state index contributed by atoms with van der Waals surface area (Å²) >= 11 is 1.51. The summed E-state index contributed by atoms with van der Waals surface area (Å²) < 4.78 is 24.9. The van der Waals surface area contributed by atoms with E-state index in [1.54, 1.807) is 12.1 Å². The van der Waals surface area contributed by atoms with Gasteiger partial charge in [-0.1, -0.05) is 12.1 Å². The lowest BCUT2D eigenvalue weighted by Gasteiger charge is -2.11. The molecule has 0 saturated carbocycles. The van der Waals surface area contributed by atoms with Gasteiger partial charge >= 0.3 is 0 Å². The number of benzene rings is 1. The summed E-state index contributed by atoms with van der Waals surface area (Å²) in [6.07, 6.45) is 0. The second-order valence-corrected chi connectivity index (χ2v) is 6.76. The minimum Gasteiger partial charge on any atom is -0.207 e. The molecule has 0 aliphatic heterocycles. The third kappa shape index (κ3) is 2.41. The summed E-state index contributed by atoms with van der Waals surface area (Å²) in [7, 11) is -0.283. The first kappa shape index (κ1) is 12.3. The number of rotatable bonds is 3. The lowest BCUT2D eigenvalue weighted by molar-refractivity contribution is 0.521. The van der Waals surface area contributed by atoms with Crippen LogP contribution >= 0.6 is 11.3 Å². The maximum absolute atomic E-state index is 11.9. The third-order valence-electron chi connectivity index (χ3n) is 2.39. The van der Waals surface area contributed by atoms with Crippen molar-refractivity contribution in [2.75, 3.05) is 14.1 Å². The number of hydrogen-bond acceptors (Lipinski definition) is 3. The molecule has 0 saturated heterocycles. The van der Waals surface area contributed by atoms with E-state index >= 15 is 0 Å². The van der Waals surface area contributed by atoms with Gasteiger partial charge in [0.1, 0.15) is 0 Å². The molecule has 0 fully saturated rings. The number of thiophene rings is 1. The van der Waals surface area contributed by atoms with Crippen LogP contribution in [0.4, 0.5) is 0 Å². The zero-order chi connectivity index (χ0) is 12.5. The minimum absolute atomic E-state index is 0.312. The Morgan fingerprint density at radius 1 is 1.12 bits per heavy atom. The molecule has 0 bridgehead atoms. The van der Waals surface area contributed by atoms with Crippen molar-refractivity contribution in [1.29, 1.82) is 0 Å². The molecule has 0 spiro atoms. The maximum atomic E-state index is 11.9. The van der Waals surface area contributed by atoms with Gasteiger partial charge in [-0.2, -0.15) is 0 Å². The van der Waals surface area contributed by atoms with Gasteiger partial charge in [0, 0.05) is 24.4 Å². The van der Waals surface area contributed by atoms with Gasteiger partial charge in [0.2, 0.25) is 10.0 Å². The van der Waals surface area contributed by atoms with Gasteiger partial charge in [-0.15, -0.1) is 11.3 Å². The van der Waals surface area contributed by atoms with E-state index in [9.17, 15) is 8.42 Å². The predicted octanol–water partition coefficient (Wildman–Crippen LogP) is 2.47. The topological polar surface area (TPSA) is 37.4 Å². The molecule has 1 radical (unpaired) electrons. The van der Waals surface area contributed by atoms with Gasteiger partial charge in [0.25, 0.3) is 0 Å². The average molecular weight is 266 g/mol. The number of nitrogens with zero attached hydrogens (tertiary/aromatic N) is 1. The van der Waals surface area contributed by atoms with E-state index in [4.69, 9.17) is 0 Å². The second kappa shape index (κ2) is 4.60. The predicted molar refractivity (Wildman–Crippen MR) is 69.5 cm³/mol. The van der Waals surface area contributed by atoms with Crippen LogP contribution in [0.15, 0.2) is 41.3 Å². The Balaban J connectivity index is 2.38. The van der Waals surface area contributed by atoms with Gasteiger partial charge < -0.3 is 0 Å². The molecule has 1 heterocycles. The van der Waals surface area contributed by atoms with Crippen LogP contribution in [0.3, 0.4) is 0 Å². The Bertz CT molecular complexity index is 584. The van der Waals surface area contributed by atoms with Crippen molar-refractivity contribution in [3.63, 3.8) is 0 Å². The molecule has 17 heavy (non-hydrogen) atoms. The number of hydrogen-bond donors (Lipinski definition) is 0. The highest BCUT2D eigenvalue weighted by atomic mass is 32.2. The smallest absolute Gasteiger partial charge is 0.207 e. The summed E-state index contributed by atoms with van der Waals surface area (Å²) in [5.41, 5.74) is 1.01. The molecule has 0 atom stereocenters. The van der Waals surface area contributed by atoms with Crippen molar-refractivity contribution < 1.29 is 8.42 Å². The molecular formula is C12H12NO2S2. The molecule has 89 valence electrons. The van der Waals surface area contributed by atoms with Crippen LogP contribution in [-0.2, 0) is 10.0 Å². The van der Waals surface area contributed by atoms with Crippen LogP contribution in [0, 0.1) is 5.38 Å². The van der Waals surface area contributed by atoms with Gasteiger partial charge in [-0.25, -0.2) is 12.7 Å². The van der Waals surface area contributed by atoms with Crippen molar-refractivity contribution in [2.24, 2.45) is 0 Å². The Hall–Kier alpha value is -1.17. The quantitative estimate of drug-likeness (QED) is 0.856. The molecule has 0 aliphatic carbocycles. The molecule has 1 aromatic carbocycles. The van der Waals surface area contributed by atoms with Crippen molar-refractivity contribution in [2.45, 2.75) is 4.90 Å². The van der Waals surface area contributed by atoms with Crippen LogP contribution in [0.2, 0.25) is 0 Å². The van der Waals surface area contributed by atoms with Gasteiger partial charge in [0.15, 0.2) is 0 Å². The Kier molecular flexibility index (Phi) is 3.33. The molecule has 5 heteroatoms. The van der Waals surface area contributed by atoms with Gasteiger partial charge in [0.05, 0.1) is 4.90 Å². The van der Waals surface area contributed by atoms with E-state index in [1.807, 2.05) is 24.3 Å². The Labute approximate surface area is 105 Å². The molecular weight excluding hydrogens is 254 g/mol. The van der Waals surface area contributed by atoms with E-state index in [-0.39, 0.29) is 0 Å². The van der Waals surface area contributed by atoms with Crippen molar-refractivity contribution in [1.82, 2.24) is 4.31 Å². The summed E-state index contributed by atoms with van der Waals surface area (Å²) in [5.74, 6) is 0. The van der Waals surface area contributed by atoms with Gasteiger partial charge in [-0.05, 0) is 29.8 Å². The van der Waals surface area contributed by atoms with E-state index < -0.39 is 10.0 Å². The largest absolute Gasteiger partial charge is 0.242 e. The normalized spacial score (nSPS) is 11.9.